The molecule has 0 aromatic heterocycles. The first kappa shape index (κ1) is 19.6. The van der Waals surface area contributed by atoms with E-state index in [0.717, 1.165) is 25.7 Å². The van der Waals surface area contributed by atoms with Gasteiger partial charge in [0.25, 0.3) is 0 Å². The lowest BCUT2D eigenvalue weighted by Gasteiger charge is -2.13. The Morgan fingerprint density at radius 3 is 1.75 bits per heavy atom. The van der Waals surface area contributed by atoms with Gasteiger partial charge < -0.3 is 15.3 Å². The van der Waals surface area contributed by atoms with Gasteiger partial charge in [-0.05, 0) is 19.3 Å². The molecule has 2 atom stereocenters. The second-order valence-electron chi connectivity index (χ2n) is 5.77. The largest absolute Gasteiger partial charge is 0.394 e. The van der Waals surface area contributed by atoms with Crippen LogP contribution >= 0.6 is 0 Å². The Morgan fingerprint density at radius 2 is 1.25 bits per heavy atom. The second-order valence-corrected chi connectivity index (χ2v) is 5.77. The summed E-state index contributed by atoms with van der Waals surface area (Å²) in [5.41, 5.74) is 0. The van der Waals surface area contributed by atoms with Crippen LogP contribution in [-0.2, 0) is 0 Å². The molecule has 0 saturated carbocycles. The van der Waals surface area contributed by atoms with E-state index in [4.69, 9.17) is 5.11 Å². The van der Waals surface area contributed by atoms with Gasteiger partial charge in [-0.2, -0.15) is 0 Å². The van der Waals surface area contributed by atoms with Crippen molar-refractivity contribution in [3.8, 4) is 0 Å². The zero-order valence-electron chi connectivity index (χ0n) is 13.0. The Balaban J connectivity index is 3.14. The lowest BCUT2D eigenvalue weighted by atomic mass is 10.0. The standard InChI is InChI=1S/C17H34O3/c1-2-3-4-5-6-7-8-9-10-11-12-13-16(19)14-17(20)15-18/h2,16-20H,1,3-15H2/t16?,17-/m0/s1. The summed E-state index contributed by atoms with van der Waals surface area (Å²) in [6, 6.07) is 0. The van der Waals surface area contributed by atoms with Gasteiger partial charge in [-0.3, -0.25) is 0 Å². The molecule has 0 fully saturated rings. The molecule has 0 aliphatic rings. The van der Waals surface area contributed by atoms with Gasteiger partial charge in [0.2, 0.25) is 0 Å². The molecule has 3 nitrogen and oxygen atoms in total. The molecule has 1 unspecified atom stereocenters. The molecule has 0 aromatic carbocycles. The summed E-state index contributed by atoms with van der Waals surface area (Å²) >= 11 is 0. The van der Waals surface area contributed by atoms with E-state index in [1.807, 2.05) is 6.08 Å². The summed E-state index contributed by atoms with van der Waals surface area (Å²) in [5.74, 6) is 0. The van der Waals surface area contributed by atoms with Crippen LogP contribution in [-0.4, -0.2) is 34.1 Å². The van der Waals surface area contributed by atoms with Crippen molar-refractivity contribution in [3.63, 3.8) is 0 Å². The summed E-state index contributed by atoms with van der Waals surface area (Å²) in [5, 5.41) is 27.5. The molecule has 0 aliphatic carbocycles. The third-order valence-corrected chi connectivity index (χ3v) is 3.70. The van der Waals surface area contributed by atoms with Crippen LogP contribution in [0.1, 0.15) is 77.0 Å². The quantitative estimate of drug-likeness (QED) is 0.318. The van der Waals surface area contributed by atoms with Crippen molar-refractivity contribution in [2.24, 2.45) is 0 Å². The molecule has 0 heterocycles. The van der Waals surface area contributed by atoms with E-state index in [1.54, 1.807) is 0 Å². The Kier molecular flexibility index (Phi) is 14.7. The summed E-state index contributed by atoms with van der Waals surface area (Å²) in [7, 11) is 0. The highest BCUT2D eigenvalue weighted by molar-refractivity contribution is 4.65. The molecule has 0 spiro atoms. The first-order valence-corrected chi connectivity index (χ1v) is 8.28. The molecule has 0 aromatic rings. The number of aliphatic hydroxyl groups is 3. The molecule has 3 heteroatoms. The number of unbranched alkanes of at least 4 members (excludes halogenated alkanes) is 9. The monoisotopic (exact) mass is 286 g/mol. The molecule has 20 heavy (non-hydrogen) atoms. The van der Waals surface area contributed by atoms with Crippen molar-refractivity contribution in [1.82, 2.24) is 0 Å². The average molecular weight is 286 g/mol. The number of hydrogen-bond donors (Lipinski definition) is 3. The molecule has 3 N–H and O–H groups in total. The number of allylic oxidation sites excluding steroid dienone is 1. The lowest BCUT2D eigenvalue weighted by molar-refractivity contribution is 0.0380. The van der Waals surface area contributed by atoms with Crippen LogP contribution in [0.15, 0.2) is 12.7 Å². The van der Waals surface area contributed by atoms with Gasteiger partial charge in [0.05, 0.1) is 18.8 Å². The second kappa shape index (κ2) is 15.0. The molecule has 0 rings (SSSR count). The predicted molar refractivity (Wildman–Crippen MR) is 84.7 cm³/mol. The van der Waals surface area contributed by atoms with Gasteiger partial charge in [0.1, 0.15) is 0 Å². The van der Waals surface area contributed by atoms with Gasteiger partial charge in [-0.1, -0.05) is 57.4 Å². The summed E-state index contributed by atoms with van der Waals surface area (Å²) in [6.07, 6.45) is 14.2. The highest BCUT2D eigenvalue weighted by Crippen LogP contribution is 2.13. The predicted octanol–water partition coefficient (Wildman–Crippen LogP) is 3.57. The van der Waals surface area contributed by atoms with Crippen LogP contribution in [0.5, 0.6) is 0 Å². The fourth-order valence-corrected chi connectivity index (χ4v) is 2.41. The third-order valence-electron chi connectivity index (χ3n) is 3.70. The first-order valence-electron chi connectivity index (χ1n) is 8.28. The average Bonchev–Trinajstić information content (AvgIpc) is 2.44. The van der Waals surface area contributed by atoms with Gasteiger partial charge >= 0.3 is 0 Å². The van der Waals surface area contributed by atoms with E-state index in [-0.39, 0.29) is 6.61 Å². The van der Waals surface area contributed by atoms with Crippen molar-refractivity contribution < 1.29 is 15.3 Å². The van der Waals surface area contributed by atoms with Crippen molar-refractivity contribution in [2.45, 2.75) is 89.3 Å². The van der Waals surface area contributed by atoms with Gasteiger partial charge in [0, 0.05) is 6.42 Å². The maximum atomic E-state index is 9.62. The summed E-state index contributed by atoms with van der Waals surface area (Å²) in [4.78, 5) is 0. The molecule has 0 radical (unpaired) electrons. The number of rotatable bonds is 15. The van der Waals surface area contributed by atoms with E-state index in [2.05, 4.69) is 6.58 Å². The zero-order valence-corrected chi connectivity index (χ0v) is 13.0. The highest BCUT2D eigenvalue weighted by Gasteiger charge is 2.10. The van der Waals surface area contributed by atoms with Gasteiger partial charge in [0.15, 0.2) is 0 Å². The summed E-state index contributed by atoms with van der Waals surface area (Å²) < 4.78 is 0. The van der Waals surface area contributed by atoms with Crippen molar-refractivity contribution >= 4 is 0 Å². The Labute approximate surface area is 124 Å². The maximum absolute atomic E-state index is 9.62. The van der Waals surface area contributed by atoms with Crippen molar-refractivity contribution in [1.29, 1.82) is 0 Å². The van der Waals surface area contributed by atoms with Crippen molar-refractivity contribution in [2.75, 3.05) is 6.61 Å². The fourth-order valence-electron chi connectivity index (χ4n) is 2.41. The van der Waals surface area contributed by atoms with Crippen molar-refractivity contribution in [3.05, 3.63) is 12.7 Å². The highest BCUT2D eigenvalue weighted by atomic mass is 16.3. The summed E-state index contributed by atoms with van der Waals surface area (Å²) in [6.45, 7) is 3.47. The normalized spacial score (nSPS) is 14.2. The molecule has 0 amide bonds. The van der Waals surface area contributed by atoms with Crippen LogP contribution in [0.2, 0.25) is 0 Å². The smallest absolute Gasteiger partial charge is 0.0795 e. The minimum atomic E-state index is -0.772. The Morgan fingerprint density at radius 1 is 0.750 bits per heavy atom. The van der Waals surface area contributed by atoms with E-state index < -0.39 is 12.2 Å². The van der Waals surface area contributed by atoms with Crippen LogP contribution in [0.25, 0.3) is 0 Å². The Bertz CT molecular complexity index is 206. The minimum absolute atomic E-state index is 0.260. The minimum Gasteiger partial charge on any atom is -0.394 e. The topological polar surface area (TPSA) is 60.7 Å². The maximum Gasteiger partial charge on any atom is 0.0795 e. The fraction of sp³-hybridized carbons (Fsp3) is 0.882. The molecule has 0 bridgehead atoms. The molecule has 0 aliphatic heterocycles. The van der Waals surface area contributed by atoms with Crippen LogP contribution in [0, 0.1) is 0 Å². The number of hydrogen-bond acceptors (Lipinski definition) is 3. The lowest BCUT2D eigenvalue weighted by Crippen LogP contribution is -2.20. The zero-order chi connectivity index (χ0) is 15.1. The Hall–Kier alpha value is -0.380. The van der Waals surface area contributed by atoms with Crippen LogP contribution < -0.4 is 0 Å². The van der Waals surface area contributed by atoms with Crippen LogP contribution in [0.4, 0.5) is 0 Å². The van der Waals surface area contributed by atoms with E-state index in [1.165, 1.54) is 44.9 Å². The SMILES string of the molecule is C=CCCCCCCCCCCCC(O)C[C@H](O)CO. The molecule has 0 saturated heterocycles. The van der Waals surface area contributed by atoms with Crippen LogP contribution in [0.3, 0.4) is 0 Å². The molecular formula is C17H34O3. The first-order chi connectivity index (χ1) is 9.70. The number of aliphatic hydroxyl groups excluding tert-OH is 3. The van der Waals surface area contributed by atoms with E-state index in [0.29, 0.717) is 6.42 Å². The van der Waals surface area contributed by atoms with Gasteiger partial charge in [-0.15, -0.1) is 6.58 Å². The molecule has 120 valence electrons. The van der Waals surface area contributed by atoms with E-state index in [9.17, 15) is 10.2 Å². The van der Waals surface area contributed by atoms with E-state index >= 15 is 0 Å². The molecular weight excluding hydrogens is 252 g/mol. The third kappa shape index (κ3) is 14.0. The van der Waals surface area contributed by atoms with Gasteiger partial charge in [-0.25, -0.2) is 0 Å².